The molecule has 0 bridgehead atoms. The van der Waals surface area contributed by atoms with Crippen LogP contribution in [0.5, 0.6) is 0 Å². The summed E-state index contributed by atoms with van der Waals surface area (Å²) in [5.74, 6) is -3.70. The highest BCUT2D eigenvalue weighted by molar-refractivity contribution is 5.91. The van der Waals surface area contributed by atoms with Crippen LogP contribution in [0.15, 0.2) is 35.4 Å². The number of hydrogen-bond acceptors (Lipinski definition) is 9. The second-order valence-electron chi connectivity index (χ2n) is 17.0. The molecule has 3 N–H and O–H groups in total. The molecule has 1 aliphatic rings. The van der Waals surface area contributed by atoms with Crippen LogP contribution in [-0.2, 0) is 39.9 Å². The lowest BCUT2D eigenvalue weighted by Gasteiger charge is -2.44. The smallest absolute Gasteiger partial charge is 0.326 e. The van der Waals surface area contributed by atoms with Crippen molar-refractivity contribution >= 4 is 29.6 Å². The largest absolute Gasteiger partial charge is 0.480 e. The third kappa shape index (κ3) is 12.6. The van der Waals surface area contributed by atoms with Gasteiger partial charge in [-0.1, -0.05) is 83.4 Å². The maximum absolute atomic E-state index is 14.5. The van der Waals surface area contributed by atoms with Gasteiger partial charge in [-0.2, -0.15) is 0 Å². The minimum atomic E-state index is -1.19. The molecule has 1 heterocycles. The third-order valence-electron chi connectivity index (χ3n) is 11.6. The zero-order valence-electron chi connectivity index (χ0n) is 37.0. The van der Waals surface area contributed by atoms with Gasteiger partial charge in [0.15, 0.2) is 0 Å². The number of carboxylic acids is 1. The summed E-state index contributed by atoms with van der Waals surface area (Å²) in [6.07, 6.45) is 0.382. The topological polar surface area (TPSA) is 207 Å². The average molecular weight is 815 g/mol. The monoisotopic (exact) mass is 815 g/mol. The van der Waals surface area contributed by atoms with Gasteiger partial charge in [0, 0.05) is 44.7 Å². The molecule has 0 saturated carbocycles. The SMILES string of the molecule is CC[C@H](C)[C@@H]([C@@H](CC(=O)N1CCC[C@H]1[C@H](OC)[C@@H](C)C(=O)N([C@@H](Cc1ccccc1)C(=O)O)C(C)(C)C)OC)N(C)C(=O)[C@@H](NC(=O)[C@@H](NC)C(C)C)[C@H](C)N=[N+]=[N-]. The Hall–Kier alpha value is -4.24. The summed E-state index contributed by atoms with van der Waals surface area (Å²) < 4.78 is 12.0. The predicted molar refractivity (Wildman–Crippen MR) is 223 cm³/mol. The van der Waals surface area contributed by atoms with E-state index in [4.69, 9.17) is 9.47 Å². The lowest BCUT2D eigenvalue weighted by atomic mass is 9.89. The number of benzene rings is 1. The van der Waals surface area contributed by atoms with Gasteiger partial charge in [0.1, 0.15) is 12.1 Å². The number of rotatable bonds is 22. The molecule has 2 rings (SSSR count). The minimum Gasteiger partial charge on any atom is -0.480 e. The molecule has 1 aromatic carbocycles. The molecule has 0 spiro atoms. The third-order valence-corrected chi connectivity index (χ3v) is 11.6. The first-order chi connectivity index (χ1) is 27.2. The van der Waals surface area contributed by atoms with Crippen molar-refractivity contribution in [3.63, 3.8) is 0 Å². The van der Waals surface area contributed by atoms with E-state index in [-0.39, 0.29) is 36.5 Å². The van der Waals surface area contributed by atoms with Gasteiger partial charge >= 0.3 is 5.97 Å². The normalized spacial score (nSPS) is 19.1. The molecule has 10 atom stereocenters. The summed E-state index contributed by atoms with van der Waals surface area (Å²) in [6, 6.07) is 4.24. The van der Waals surface area contributed by atoms with E-state index in [2.05, 4.69) is 20.7 Å². The van der Waals surface area contributed by atoms with Gasteiger partial charge in [-0.15, -0.1) is 0 Å². The number of methoxy groups -OCH3 is 2. The number of ether oxygens (including phenoxy) is 2. The van der Waals surface area contributed by atoms with Crippen LogP contribution in [0.1, 0.15) is 93.6 Å². The zero-order chi connectivity index (χ0) is 44.1. The van der Waals surface area contributed by atoms with E-state index in [0.717, 1.165) is 5.56 Å². The Morgan fingerprint density at radius 2 is 1.64 bits per heavy atom. The van der Waals surface area contributed by atoms with Crippen molar-refractivity contribution in [2.24, 2.45) is 22.9 Å². The van der Waals surface area contributed by atoms with Crippen LogP contribution in [0.3, 0.4) is 0 Å². The summed E-state index contributed by atoms with van der Waals surface area (Å²) in [5, 5.41) is 20.0. The first-order valence-electron chi connectivity index (χ1n) is 20.4. The fraction of sp³-hybridized carbons (Fsp3) is 0.738. The van der Waals surface area contributed by atoms with Gasteiger partial charge in [0.05, 0.1) is 48.7 Å². The molecule has 1 aromatic rings. The maximum Gasteiger partial charge on any atom is 0.326 e. The molecule has 0 radical (unpaired) electrons. The molecule has 16 heteroatoms. The second kappa shape index (κ2) is 22.8. The number of aliphatic carboxylic acids is 1. The van der Waals surface area contributed by atoms with Crippen LogP contribution in [0.4, 0.5) is 0 Å². The Kier molecular flexibility index (Phi) is 19.6. The highest BCUT2D eigenvalue weighted by Gasteiger charge is 2.46. The highest BCUT2D eigenvalue weighted by atomic mass is 16.5. The Labute approximate surface area is 345 Å². The van der Waals surface area contributed by atoms with Gasteiger partial charge in [-0.25, -0.2) is 4.79 Å². The molecule has 58 heavy (non-hydrogen) atoms. The van der Waals surface area contributed by atoms with Crippen molar-refractivity contribution in [3.8, 4) is 0 Å². The van der Waals surface area contributed by atoms with Crippen LogP contribution in [-0.4, -0.2) is 138 Å². The fourth-order valence-electron chi connectivity index (χ4n) is 8.36. The summed E-state index contributed by atoms with van der Waals surface area (Å²) in [7, 11) is 6.25. The molecule has 1 aliphatic heterocycles. The van der Waals surface area contributed by atoms with Gasteiger partial charge in [0.25, 0.3) is 0 Å². The minimum absolute atomic E-state index is 0.0862. The Bertz CT molecular complexity index is 1570. The lowest BCUT2D eigenvalue weighted by Crippen LogP contribution is -2.61. The highest BCUT2D eigenvalue weighted by Crippen LogP contribution is 2.32. The number of carboxylic acid groups (broad SMARTS) is 1. The first-order valence-corrected chi connectivity index (χ1v) is 20.4. The Morgan fingerprint density at radius 1 is 1.02 bits per heavy atom. The van der Waals surface area contributed by atoms with Crippen molar-refractivity contribution in [1.29, 1.82) is 0 Å². The number of nitrogens with one attached hydrogen (secondary N) is 2. The number of azide groups is 1. The maximum atomic E-state index is 14.5. The molecule has 4 amide bonds. The second-order valence-corrected chi connectivity index (χ2v) is 17.0. The van der Waals surface area contributed by atoms with E-state index in [1.807, 2.05) is 78.8 Å². The molecule has 1 saturated heterocycles. The summed E-state index contributed by atoms with van der Waals surface area (Å²) in [6.45, 7) is 16.8. The molecule has 0 unspecified atom stereocenters. The number of amides is 4. The van der Waals surface area contributed by atoms with Crippen molar-refractivity contribution in [1.82, 2.24) is 25.3 Å². The van der Waals surface area contributed by atoms with Crippen molar-refractivity contribution in [2.45, 2.75) is 148 Å². The number of nitrogens with zero attached hydrogens (tertiary/aromatic N) is 6. The van der Waals surface area contributed by atoms with E-state index in [1.54, 1.807) is 32.8 Å². The number of carbonyl (C=O) groups is 5. The van der Waals surface area contributed by atoms with Gasteiger partial charge < -0.3 is 39.9 Å². The summed E-state index contributed by atoms with van der Waals surface area (Å²) >= 11 is 0. The molecular formula is C42H70N8O8. The lowest BCUT2D eigenvalue weighted by molar-refractivity contribution is -0.161. The van der Waals surface area contributed by atoms with Crippen LogP contribution in [0.2, 0.25) is 0 Å². The quantitative estimate of drug-likeness (QED) is 0.0845. The van der Waals surface area contributed by atoms with E-state index in [1.165, 1.54) is 24.0 Å². The predicted octanol–water partition coefficient (Wildman–Crippen LogP) is 4.66. The Morgan fingerprint density at radius 3 is 2.12 bits per heavy atom. The molecule has 0 aromatic heterocycles. The van der Waals surface area contributed by atoms with Crippen molar-refractivity contribution < 1.29 is 38.6 Å². The van der Waals surface area contributed by atoms with E-state index in [9.17, 15) is 34.6 Å². The molecule has 326 valence electrons. The first kappa shape index (κ1) is 49.9. The number of likely N-dealkylation sites (N-methyl/N-ethyl adjacent to an activating group) is 2. The molecule has 1 fully saturated rings. The molecule has 16 nitrogen and oxygen atoms in total. The number of hydrogen-bond donors (Lipinski definition) is 3. The standard InChI is InChI=1S/C42H70N8O8/c1-14-26(4)36(48(11)40(54)35(28(6)46-47-43)45-38(52)34(44-10)25(2)3)32(57-12)24-33(51)49-22-18-21-30(49)37(58-13)27(5)39(53)50(42(7,8)9)31(41(55)56)23-29-19-16-15-17-20-29/h15-17,19-20,25-28,30-32,34-37,44H,14,18,21-24H2,1-13H3,(H,45,52)(H,55,56)/t26-,27+,28-,30-,31-,32+,34-,35-,36-,37+/m0/s1. The molecule has 0 aliphatic carbocycles. The number of likely N-dealkylation sites (tertiary alicyclic amines) is 1. The average Bonchev–Trinajstić information content (AvgIpc) is 3.65. The van der Waals surface area contributed by atoms with Gasteiger partial charge in [-0.3, -0.25) is 19.2 Å². The fourth-order valence-corrected chi connectivity index (χ4v) is 8.36. The summed E-state index contributed by atoms with van der Waals surface area (Å²) in [4.78, 5) is 76.8. The van der Waals surface area contributed by atoms with E-state index in [0.29, 0.717) is 25.8 Å². The Balaban J connectivity index is 2.43. The van der Waals surface area contributed by atoms with Crippen molar-refractivity contribution in [3.05, 3.63) is 46.3 Å². The van der Waals surface area contributed by atoms with E-state index < -0.39 is 77.7 Å². The van der Waals surface area contributed by atoms with Gasteiger partial charge in [-0.05, 0) is 63.6 Å². The summed E-state index contributed by atoms with van der Waals surface area (Å²) in [5.41, 5.74) is 9.18. The van der Waals surface area contributed by atoms with Gasteiger partial charge in [0.2, 0.25) is 23.6 Å². The van der Waals surface area contributed by atoms with Crippen LogP contribution >= 0.6 is 0 Å². The van der Waals surface area contributed by atoms with Crippen molar-refractivity contribution in [2.75, 3.05) is 34.9 Å². The van der Waals surface area contributed by atoms with E-state index >= 15 is 0 Å². The number of carbonyl (C=O) groups excluding carboxylic acids is 4. The zero-order valence-corrected chi connectivity index (χ0v) is 37.0. The van der Waals surface area contributed by atoms with Crippen LogP contribution in [0, 0.1) is 17.8 Å². The van der Waals surface area contributed by atoms with Crippen LogP contribution < -0.4 is 10.6 Å². The molecular weight excluding hydrogens is 745 g/mol. The van der Waals surface area contributed by atoms with Crippen LogP contribution in [0.25, 0.3) is 10.4 Å².